The highest BCUT2D eigenvalue weighted by Crippen LogP contribution is 2.32. The molecule has 2 heterocycles. The number of alkyl halides is 3. The quantitative estimate of drug-likeness (QED) is 0.525. The Morgan fingerprint density at radius 2 is 1.51 bits per heavy atom. The van der Waals surface area contributed by atoms with E-state index in [0.717, 1.165) is 23.6 Å². The van der Waals surface area contributed by atoms with Gasteiger partial charge in [0.05, 0.1) is 31.5 Å². The number of amides is 2. The predicted octanol–water partition coefficient (Wildman–Crippen LogP) is 3.43. The summed E-state index contributed by atoms with van der Waals surface area (Å²) < 4.78 is 49.5. The van der Waals surface area contributed by atoms with Gasteiger partial charge in [-0.05, 0) is 30.3 Å². The van der Waals surface area contributed by atoms with Crippen LogP contribution in [0, 0.1) is 0 Å². The minimum atomic E-state index is -4.41. The number of benzene rings is 2. The molecule has 10 nitrogen and oxygen atoms in total. The van der Waals surface area contributed by atoms with E-state index >= 15 is 0 Å². The number of urea groups is 1. The van der Waals surface area contributed by atoms with Crippen LogP contribution in [0.25, 0.3) is 0 Å². The number of ether oxygens (including phenoxy) is 2. The van der Waals surface area contributed by atoms with Crippen molar-refractivity contribution >= 4 is 23.7 Å². The lowest BCUT2D eigenvalue weighted by molar-refractivity contribution is -0.137. The second-order valence-electron chi connectivity index (χ2n) is 8.61. The van der Waals surface area contributed by atoms with Crippen molar-refractivity contribution in [1.29, 1.82) is 0 Å². The van der Waals surface area contributed by atoms with Crippen LogP contribution in [0.3, 0.4) is 0 Å². The van der Waals surface area contributed by atoms with Crippen molar-refractivity contribution in [3.05, 3.63) is 66.2 Å². The first-order valence-corrected chi connectivity index (χ1v) is 11.9. The summed E-state index contributed by atoms with van der Waals surface area (Å²) in [6.07, 6.45) is -3.60. The number of carbonyl (C=O) groups excluding carboxylic acids is 1. The largest absolute Gasteiger partial charge is 0.495 e. The van der Waals surface area contributed by atoms with Gasteiger partial charge in [0, 0.05) is 38.3 Å². The second-order valence-corrected chi connectivity index (χ2v) is 8.61. The molecule has 13 heteroatoms. The average molecular weight is 552 g/mol. The number of likely N-dealkylation sites (tertiary alicyclic amines) is 1. The summed E-state index contributed by atoms with van der Waals surface area (Å²) in [5, 5.41) is 15.6. The zero-order chi connectivity index (χ0) is 28.6. The fourth-order valence-electron chi connectivity index (χ4n) is 3.98. The summed E-state index contributed by atoms with van der Waals surface area (Å²) >= 11 is 0. The third kappa shape index (κ3) is 8.28. The van der Waals surface area contributed by atoms with Crippen molar-refractivity contribution in [2.24, 2.45) is 0 Å². The van der Waals surface area contributed by atoms with Gasteiger partial charge in [-0.15, -0.1) is 0 Å². The predicted molar refractivity (Wildman–Crippen MR) is 134 cm³/mol. The standard InChI is InChI=1S/C22H24F3N3O3.C4H4O4/c1-30-20-8-3-2-7-19(20)26-9-11-27(12-10-26)21(29)28-14-18(15-28)31-17-6-4-5-16(13-17)22(23,24)25;5-3(6)1-2-4(7)8/h2-8,13,18H,9-12,14-15H2,1H3;1-2H,(H,5,6)(H,7,8)/b;2-1+. The Bertz CT molecular complexity index is 1180. The van der Waals surface area contributed by atoms with Crippen LogP contribution in [0.1, 0.15) is 5.56 Å². The topological polar surface area (TPSA) is 120 Å². The van der Waals surface area contributed by atoms with Crippen LogP contribution in [-0.2, 0) is 15.8 Å². The number of hydrogen-bond acceptors (Lipinski definition) is 6. The Morgan fingerprint density at radius 1 is 0.897 bits per heavy atom. The highest BCUT2D eigenvalue weighted by molar-refractivity contribution is 5.89. The summed E-state index contributed by atoms with van der Waals surface area (Å²) in [6.45, 7) is 3.30. The lowest BCUT2D eigenvalue weighted by atomic mass is 10.1. The van der Waals surface area contributed by atoms with Crippen molar-refractivity contribution in [3.63, 3.8) is 0 Å². The molecule has 2 N–H and O–H groups in total. The molecule has 2 aliphatic rings. The van der Waals surface area contributed by atoms with Gasteiger partial charge in [-0.2, -0.15) is 13.2 Å². The maximum atomic E-state index is 12.8. The third-order valence-corrected chi connectivity index (χ3v) is 5.93. The van der Waals surface area contributed by atoms with Crippen molar-refractivity contribution in [2.75, 3.05) is 51.3 Å². The number of para-hydroxylation sites is 2. The van der Waals surface area contributed by atoms with E-state index < -0.39 is 23.7 Å². The number of aliphatic carboxylic acids is 2. The minimum Gasteiger partial charge on any atom is -0.495 e. The average Bonchev–Trinajstić information content (AvgIpc) is 2.89. The van der Waals surface area contributed by atoms with Gasteiger partial charge >= 0.3 is 24.1 Å². The molecule has 0 unspecified atom stereocenters. The molecule has 2 amide bonds. The maximum Gasteiger partial charge on any atom is 0.416 e. The number of carboxylic acids is 2. The van der Waals surface area contributed by atoms with Crippen molar-refractivity contribution < 1.29 is 47.2 Å². The number of nitrogens with zero attached hydrogens (tertiary/aromatic N) is 3. The summed E-state index contributed by atoms with van der Waals surface area (Å²) in [4.78, 5) is 37.5. The summed E-state index contributed by atoms with van der Waals surface area (Å²) in [6, 6.07) is 12.5. The fraction of sp³-hybridized carbons (Fsp3) is 0.346. The van der Waals surface area contributed by atoms with Crippen LogP contribution in [0.15, 0.2) is 60.7 Å². The lowest BCUT2D eigenvalue weighted by Crippen LogP contribution is -2.61. The van der Waals surface area contributed by atoms with E-state index in [0.29, 0.717) is 51.4 Å². The summed E-state index contributed by atoms with van der Waals surface area (Å²) in [7, 11) is 1.64. The van der Waals surface area contributed by atoms with Crippen LogP contribution in [0.2, 0.25) is 0 Å². The van der Waals surface area contributed by atoms with Crippen LogP contribution in [0.5, 0.6) is 11.5 Å². The molecule has 2 saturated heterocycles. The molecule has 2 aromatic rings. The fourth-order valence-corrected chi connectivity index (χ4v) is 3.98. The zero-order valence-corrected chi connectivity index (χ0v) is 21.0. The number of carbonyl (C=O) groups is 3. The van der Waals surface area contributed by atoms with Gasteiger partial charge in [-0.3, -0.25) is 0 Å². The number of piperazine rings is 1. The molecular weight excluding hydrogens is 523 g/mol. The molecule has 0 aliphatic carbocycles. The number of hydrogen-bond donors (Lipinski definition) is 2. The monoisotopic (exact) mass is 551 g/mol. The summed E-state index contributed by atoms with van der Waals surface area (Å²) in [5.41, 5.74) is 0.265. The first-order valence-electron chi connectivity index (χ1n) is 11.9. The Labute approximate surface area is 222 Å². The molecule has 0 aromatic heterocycles. The van der Waals surface area contributed by atoms with Gasteiger partial charge in [0.15, 0.2) is 0 Å². The molecule has 2 aliphatic heterocycles. The molecule has 0 bridgehead atoms. The molecular formula is C26H28F3N3O7. The number of halogens is 3. The number of carboxylic acid groups (broad SMARTS) is 2. The van der Waals surface area contributed by atoms with E-state index in [1.54, 1.807) is 16.9 Å². The smallest absolute Gasteiger partial charge is 0.416 e. The molecule has 0 spiro atoms. The van der Waals surface area contributed by atoms with E-state index in [1.807, 2.05) is 24.3 Å². The normalized spacial score (nSPS) is 15.7. The van der Waals surface area contributed by atoms with Crippen LogP contribution >= 0.6 is 0 Å². The molecule has 0 radical (unpaired) electrons. The first kappa shape index (κ1) is 29.1. The van der Waals surface area contributed by atoms with E-state index in [2.05, 4.69) is 4.90 Å². The van der Waals surface area contributed by atoms with E-state index in [-0.39, 0.29) is 17.9 Å². The van der Waals surface area contributed by atoms with Gasteiger partial charge in [0.1, 0.15) is 17.6 Å². The second kappa shape index (κ2) is 12.9. The number of rotatable bonds is 6. The van der Waals surface area contributed by atoms with Gasteiger partial charge in [-0.25, -0.2) is 14.4 Å². The maximum absolute atomic E-state index is 12.8. The number of methoxy groups -OCH3 is 1. The highest BCUT2D eigenvalue weighted by Gasteiger charge is 2.36. The highest BCUT2D eigenvalue weighted by atomic mass is 19.4. The Morgan fingerprint density at radius 3 is 2.08 bits per heavy atom. The van der Waals surface area contributed by atoms with Crippen LogP contribution < -0.4 is 14.4 Å². The molecule has 0 atom stereocenters. The summed E-state index contributed by atoms with van der Waals surface area (Å²) in [5.74, 6) is -1.54. The Hall–Kier alpha value is -4.42. The Kier molecular flexibility index (Phi) is 9.63. The molecule has 0 saturated carbocycles. The van der Waals surface area contributed by atoms with E-state index in [4.69, 9.17) is 19.7 Å². The van der Waals surface area contributed by atoms with E-state index in [1.165, 1.54) is 12.1 Å². The van der Waals surface area contributed by atoms with E-state index in [9.17, 15) is 27.6 Å². The third-order valence-electron chi connectivity index (χ3n) is 5.93. The van der Waals surface area contributed by atoms with Gasteiger partial charge in [-0.1, -0.05) is 18.2 Å². The molecule has 39 heavy (non-hydrogen) atoms. The SMILES string of the molecule is COc1ccccc1N1CCN(C(=O)N2CC(Oc3cccc(C(F)(F)F)c3)C2)CC1.O=C(O)/C=C/C(=O)O. The molecule has 2 fully saturated rings. The van der Waals surface area contributed by atoms with Crippen LogP contribution in [0.4, 0.5) is 23.7 Å². The lowest BCUT2D eigenvalue weighted by Gasteiger charge is -2.44. The molecule has 210 valence electrons. The molecule has 2 aromatic carbocycles. The first-order chi connectivity index (χ1) is 18.5. The van der Waals surface area contributed by atoms with Crippen molar-refractivity contribution in [3.8, 4) is 11.5 Å². The number of anilines is 1. The molecule has 4 rings (SSSR count). The van der Waals surface area contributed by atoms with Gasteiger partial charge in [0.25, 0.3) is 0 Å². The van der Waals surface area contributed by atoms with Gasteiger partial charge in [0.2, 0.25) is 0 Å². The van der Waals surface area contributed by atoms with Crippen molar-refractivity contribution in [2.45, 2.75) is 12.3 Å². The minimum absolute atomic E-state index is 0.0661. The zero-order valence-electron chi connectivity index (χ0n) is 21.0. The van der Waals surface area contributed by atoms with Crippen LogP contribution in [-0.4, -0.2) is 90.5 Å². The van der Waals surface area contributed by atoms with Gasteiger partial charge < -0.3 is 34.4 Å². The Balaban J connectivity index is 0.000000459. The van der Waals surface area contributed by atoms with Crippen molar-refractivity contribution in [1.82, 2.24) is 9.80 Å².